The standard InChI is InChI=1S/C17H14ClF2NO3/c1-23-14-8-4-5-11(16(14)24-17(19)20)9-10-15(22)21-13-7-3-2-6-12(13)18/h2-10,17H,1H3,(H,21,22)/b10-9+. The summed E-state index contributed by atoms with van der Waals surface area (Å²) >= 11 is 5.95. The minimum absolute atomic E-state index is 0.142. The molecule has 2 aromatic carbocycles. The number of hydrogen-bond donors (Lipinski definition) is 1. The van der Waals surface area contributed by atoms with Gasteiger partial charge in [-0.15, -0.1) is 0 Å². The van der Waals surface area contributed by atoms with E-state index >= 15 is 0 Å². The number of carbonyl (C=O) groups excluding carboxylic acids is 1. The Bertz CT molecular complexity index is 750. The van der Waals surface area contributed by atoms with Gasteiger partial charge in [0.15, 0.2) is 11.5 Å². The lowest BCUT2D eigenvalue weighted by Gasteiger charge is -2.12. The van der Waals surface area contributed by atoms with E-state index < -0.39 is 12.5 Å². The number of para-hydroxylation sites is 2. The van der Waals surface area contributed by atoms with Gasteiger partial charge in [-0.1, -0.05) is 35.9 Å². The highest BCUT2D eigenvalue weighted by Crippen LogP contribution is 2.33. The van der Waals surface area contributed by atoms with Gasteiger partial charge in [0.25, 0.3) is 0 Å². The van der Waals surface area contributed by atoms with E-state index in [0.717, 1.165) is 0 Å². The first kappa shape index (κ1) is 17.7. The molecule has 7 heteroatoms. The number of benzene rings is 2. The fourth-order valence-electron chi connectivity index (χ4n) is 1.94. The zero-order valence-corrected chi connectivity index (χ0v) is 13.4. The number of carbonyl (C=O) groups is 1. The zero-order valence-electron chi connectivity index (χ0n) is 12.6. The van der Waals surface area contributed by atoms with Crippen LogP contribution in [0, 0.1) is 0 Å². The van der Waals surface area contributed by atoms with E-state index in [0.29, 0.717) is 10.7 Å². The number of alkyl halides is 2. The number of anilines is 1. The minimum atomic E-state index is -3.01. The van der Waals surface area contributed by atoms with Gasteiger partial charge in [-0.2, -0.15) is 8.78 Å². The Kier molecular flexibility index (Phi) is 6.14. The maximum Gasteiger partial charge on any atom is 0.387 e. The number of rotatable bonds is 6. The van der Waals surface area contributed by atoms with E-state index in [9.17, 15) is 13.6 Å². The van der Waals surface area contributed by atoms with Crippen LogP contribution < -0.4 is 14.8 Å². The SMILES string of the molecule is COc1cccc(/C=C/C(=O)Nc2ccccc2Cl)c1OC(F)F. The third-order valence-corrected chi connectivity index (χ3v) is 3.31. The van der Waals surface area contributed by atoms with Gasteiger partial charge in [-0.05, 0) is 24.3 Å². The van der Waals surface area contributed by atoms with Crippen molar-refractivity contribution >= 4 is 29.3 Å². The highest BCUT2D eigenvalue weighted by molar-refractivity contribution is 6.33. The van der Waals surface area contributed by atoms with E-state index in [4.69, 9.17) is 16.3 Å². The molecule has 126 valence electrons. The molecule has 2 aromatic rings. The van der Waals surface area contributed by atoms with Gasteiger partial charge < -0.3 is 14.8 Å². The molecular weight excluding hydrogens is 340 g/mol. The number of halogens is 3. The maximum atomic E-state index is 12.6. The molecule has 2 rings (SSSR count). The molecule has 0 saturated carbocycles. The molecule has 1 amide bonds. The van der Waals surface area contributed by atoms with Crippen LogP contribution in [0.1, 0.15) is 5.56 Å². The Labute approximate surface area is 142 Å². The van der Waals surface area contributed by atoms with E-state index in [1.807, 2.05) is 0 Å². The first-order valence-electron chi connectivity index (χ1n) is 6.86. The molecule has 1 N–H and O–H groups in total. The lowest BCUT2D eigenvalue weighted by Crippen LogP contribution is -2.08. The minimum Gasteiger partial charge on any atom is -0.493 e. The summed E-state index contributed by atoms with van der Waals surface area (Å²) in [5, 5.41) is 2.98. The Morgan fingerprint density at radius 3 is 2.62 bits per heavy atom. The van der Waals surface area contributed by atoms with Crippen molar-refractivity contribution in [1.82, 2.24) is 0 Å². The van der Waals surface area contributed by atoms with Crippen LogP contribution in [0.5, 0.6) is 11.5 Å². The van der Waals surface area contributed by atoms with E-state index in [1.165, 1.54) is 31.4 Å². The molecule has 0 heterocycles. The predicted molar refractivity (Wildman–Crippen MR) is 88.7 cm³/mol. The van der Waals surface area contributed by atoms with Crippen LogP contribution in [0.4, 0.5) is 14.5 Å². The van der Waals surface area contributed by atoms with Crippen LogP contribution in [-0.4, -0.2) is 19.6 Å². The van der Waals surface area contributed by atoms with Crippen molar-refractivity contribution in [2.45, 2.75) is 6.61 Å². The van der Waals surface area contributed by atoms with Crippen LogP contribution in [0.25, 0.3) is 6.08 Å². The lowest BCUT2D eigenvalue weighted by molar-refractivity contribution is -0.111. The molecule has 0 aliphatic carbocycles. The van der Waals surface area contributed by atoms with E-state index in [2.05, 4.69) is 10.1 Å². The van der Waals surface area contributed by atoms with Gasteiger partial charge in [0.05, 0.1) is 17.8 Å². The van der Waals surface area contributed by atoms with E-state index in [-0.39, 0.29) is 17.1 Å². The summed E-state index contributed by atoms with van der Waals surface area (Å²) in [5.41, 5.74) is 0.729. The lowest BCUT2D eigenvalue weighted by atomic mass is 10.1. The van der Waals surface area contributed by atoms with Crippen LogP contribution in [0.3, 0.4) is 0 Å². The van der Waals surface area contributed by atoms with Gasteiger partial charge in [-0.3, -0.25) is 4.79 Å². The van der Waals surface area contributed by atoms with Crippen molar-refractivity contribution in [3.8, 4) is 11.5 Å². The van der Waals surface area contributed by atoms with Crippen LogP contribution in [0.2, 0.25) is 5.02 Å². The molecule has 0 aromatic heterocycles. The van der Waals surface area contributed by atoms with Crippen molar-refractivity contribution in [1.29, 1.82) is 0 Å². The summed E-state index contributed by atoms with van der Waals surface area (Å²) in [6.07, 6.45) is 2.54. The number of nitrogens with one attached hydrogen (secondary N) is 1. The fourth-order valence-corrected chi connectivity index (χ4v) is 2.13. The molecule has 0 bridgehead atoms. The first-order valence-corrected chi connectivity index (χ1v) is 7.24. The Hall–Kier alpha value is -2.60. The van der Waals surface area contributed by atoms with Crippen LogP contribution >= 0.6 is 11.6 Å². The molecule has 0 spiro atoms. The number of hydrogen-bond acceptors (Lipinski definition) is 3. The second-order valence-electron chi connectivity index (χ2n) is 4.56. The third-order valence-electron chi connectivity index (χ3n) is 2.98. The number of ether oxygens (including phenoxy) is 2. The van der Waals surface area contributed by atoms with Gasteiger partial charge in [0, 0.05) is 11.6 Å². The summed E-state index contributed by atoms with van der Waals surface area (Å²) < 4.78 is 34.6. The highest BCUT2D eigenvalue weighted by atomic mass is 35.5. The van der Waals surface area contributed by atoms with Gasteiger partial charge >= 0.3 is 6.61 Å². The van der Waals surface area contributed by atoms with Gasteiger partial charge in [-0.25, -0.2) is 0 Å². The summed E-state index contributed by atoms with van der Waals surface area (Å²) in [6.45, 7) is -3.01. The molecule has 0 radical (unpaired) electrons. The van der Waals surface area contributed by atoms with Crippen molar-refractivity contribution in [2.75, 3.05) is 12.4 Å². The average Bonchev–Trinajstić information content (AvgIpc) is 2.55. The van der Waals surface area contributed by atoms with E-state index in [1.54, 1.807) is 30.3 Å². The second-order valence-corrected chi connectivity index (χ2v) is 4.97. The molecular formula is C17H14ClF2NO3. The van der Waals surface area contributed by atoms with Crippen molar-refractivity contribution in [3.63, 3.8) is 0 Å². The van der Waals surface area contributed by atoms with Crippen molar-refractivity contribution in [2.24, 2.45) is 0 Å². The number of methoxy groups -OCH3 is 1. The van der Waals surface area contributed by atoms with Gasteiger partial charge in [0.2, 0.25) is 5.91 Å². The first-order chi connectivity index (χ1) is 11.5. The summed E-state index contributed by atoms with van der Waals surface area (Å²) in [5.74, 6) is -0.463. The van der Waals surface area contributed by atoms with Crippen molar-refractivity contribution < 1.29 is 23.0 Å². The molecule has 0 aliphatic rings. The average molecular weight is 354 g/mol. The predicted octanol–water partition coefficient (Wildman–Crippen LogP) is 4.60. The number of amides is 1. The molecule has 0 atom stereocenters. The third kappa shape index (κ3) is 4.70. The zero-order chi connectivity index (χ0) is 17.5. The normalized spacial score (nSPS) is 10.9. The molecule has 0 saturated heterocycles. The van der Waals surface area contributed by atoms with Crippen LogP contribution in [0.15, 0.2) is 48.5 Å². The van der Waals surface area contributed by atoms with Gasteiger partial charge in [0.1, 0.15) is 0 Å². The quantitative estimate of drug-likeness (QED) is 0.772. The Balaban J connectivity index is 2.19. The second kappa shape index (κ2) is 8.31. The smallest absolute Gasteiger partial charge is 0.387 e. The Morgan fingerprint density at radius 2 is 1.96 bits per heavy atom. The fraction of sp³-hybridized carbons (Fsp3) is 0.118. The monoisotopic (exact) mass is 353 g/mol. The van der Waals surface area contributed by atoms with Crippen molar-refractivity contribution in [3.05, 3.63) is 59.1 Å². The Morgan fingerprint density at radius 1 is 1.21 bits per heavy atom. The molecule has 0 aliphatic heterocycles. The van der Waals surface area contributed by atoms with Crippen LogP contribution in [-0.2, 0) is 4.79 Å². The molecule has 0 unspecified atom stereocenters. The summed E-state index contributed by atoms with van der Waals surface area (Å²) in [4.78, 5) is 11.9. The highest BCUT2D eigenvalue weighted by Gasteiger charge is 2.14. The topological polar surface area (TPSA) is 47.6 Å². The largest absolute Gasteiger partial charge is 0.493 e. The summed E-state index contributed by atoms with van der Waals surface area (Å²) in [6, 6.07) is 11.4. The molecule has 4 nitrogen and oxygen atoms in total. The molecule has 0 fully saturated rings. The maximum absolute atomic E-state index is 12.6. The summed E-state index contributed by atoms with van der Waals surface area (Å²) in [7, 11) is 1.34. The molecule has 24 heavy (non-hydrogen) atoms.